The Morgan fingerprint density at radius 3 is 2.41 bits per heavy atom. The minimum absolute atomic E-state index is 0.0591. The number of piperazine rings is 1. The first kappa shape index (κ1) is 23.6. The van der Waals surface area contributed by atoms with E-state index in [1.807, 2.05) is 26.0 Å². The summed E-state index contributed by atoms with van der Waals surface area (Å²) >= 11 is 6.01. The summed E-state index contributed by atoms with van der Waals surface area (Å²) < 4.78 is 15.4. The van der Waals surface area contributed by atoms with Crippen LogP contribution in [0.15, 0.2) is 29.8 Å². The minimum atomic E-state index is -0.506. The predicted molar refractivity (Wildman–Crippen MR) is 122 cm³/mol. The first-order valence-electron chi connectivity index (χ1n) is 10.6. The van der Waals surface area contributed by atoms with Crippen molar-refractivity contribution < 1.29 is 14.0 Å². The van der Waals surface area contributed by atoms with E-state index < -0.39 is 5.82 Å². The third kappa shape index (κ3) is 4.86. The van der Waals surface area contributed by atoms with Crippen LogP contribution in [0, 0.1) is 31.0 Å². The van der Waals surface area contributed by atoms with Gasteiger partial charge in [0.15, 0.2) is 0 Å². The lowest BCUT2D eigenvalue weighted by Gasteiger charge is -2.34. The highest BCUT2D eigenvalue weighted by atomic mass is 35.5. The van der Waals surface area contributed by atoms with E-state index in [0.29, 0.717) is 26.2 Å². The van der Waals surface area contributed by atoms with Crippen molar-refractivity contribution in [3.63, 3.8) is 0 Å². The summed E-state index contributed by atoms with van der Waals surface area (Å²) in [6, 6.07) is 7.69. The molecule has 0 bridgehead atoms. The number of hydrogen-bond donors (Lipinski definition) is 0. The molecule has 32 heavy (non-hydrogen) atoms. The summed E-state index contributed by atoms with van der Waals surface area (Å²) in [6.45, 7) is 8.21. The molecular formula is C24H26ClFN4O2. The lowest BCUT2D eigenvalue weighted by Crippen LogP contribution is -2.50. The Kier molecular flexibility index (Phi) is 7.37. The van der Waals surface area contributed by atoms with Gasteiger partial charge >= 0.3 is 0 Å². The Hall–Kier alpha value is -3.11. The monoisotopic (exact) mass is 456 g/mol. The second-order valence-electron chi connectivity index (χ2n) is 7.86. The number of halogens is 2. The molecule has 1 aromatic carbocycles. The molecule has 0 saturated carbocycles. The molecule has 3 rings (SSSR count). The smallest absolute Gasteiger partial charge is 0.264 e. The average Bonchev–Trinajstić information content (AvgIpc) is 3.04. The van der Waals surface area contributed by atoms with E-state index in [1.165, 1.54) is 12.1 Å². The second kappa shape index (κ2) is 10.0. The topological polar surface area (TPSA) is 69.3 Å². The highest BCUT2D eigenvalue weighted by molar-refractivity contribution is 6.33. The molecule has 0 radical (unpaired) electrons. The lowest BCUT2D eigenvalue weighted by molar-refractivity contribution is -0.128. The number of aromatic nitrogens is 1. The molecule has 0 atom stereocenters. The van der Waals surface area contributed by atoms with E-state index >= 15 is 0 Å². The number of carbonyl (C=O) groups is 2. The van der Waals surface area contributed by atoms with Gasteiger partial charge in [-0.3, -0.25) is 9.59 Å². The number of hydrogen-bond acceptors (Lipinski definition) is 3. The number of carbonyl (C=O) groups excluding carboxylic acids is 2. The van der Waals surface area contributed by atoms with E-state index in [4.69, 9.17) is 11.6 Å². The van der Waals surface area contributed by atoms with Crippen molar-refractivity contribution in [1.82, 2.24) is 14.4 Å². The van der Waals surface area contributed by atoms with Crippen LogP contribution in [0.2, 0.25) is 5.02 Å². The molecule has 8 heteroatoms. The molecule has 2 aromatic rings. The van der Waals surface area contributed by atoms with Crippen LogP contribution in [0.3, 0.4) is 0 Å². The number of aryl methyl sites for hydroxylation is 1. The Balaban J connectivity index is 1.70. The molecule has 0 N–H and O–H groups in total. The van der Waals surface area contributed by atoms with Crippen LogP contribution in [0.4, 0.5) is 4.39 Å². The van der Waals surface area contributed by atoms with Crippen molar-refractivity contribution in [2.75, 3.05) is 26.2 Å². The van der Waals surface area contributed by atoms with Crippen LogP contribution >= 0.6 is 11.6 Å². The van der Waals surface area contributed by atoms with Gasteiger partial charge in [0, 0.05) is 44.1 Å². The number of amides is 2. The molecule has 1 aromatic heterocycles. The zero-order chi connectivity index (χ0) is 23.4. The maximum absolute atomic E-state index is 13.3. The fourth-order valence-corrected chi connectivity index (χ4v) is 4.20. The molecule has 1 aliphatic rings. The van der Waals surface area contributed by atoms with E-state index in [9.17, 15) is 19.2 Å². The molecule has 0 unspecified atom stereocenters. The van der Waals surface area contributed by atoms with Crippen molar-refractivity contribution in [2.45, 2.75) is 33.7 Å². The maximum Gasteiger partial charge on any atom is 0.264 e. The van der Waals surface area contributed by atoms with Crippen molar-refractivity contribution in [3.05, 3.63) is 63.2 Å². The molecule has 0 spiro atoms. The van der Waals surface area contributed by atoms with Crippen LogP contribution in [-0.2, 0) is 11.3 Å². The summed E-state index contributed by atoms with van der Waals surface area (Å²) in [5.74, 6) is -1.16. The van der Waals surface area contributed by atoms with Gasteiger partial charge in [-0.25, -0.2) is 4.39 Å². The second-order valence-corrected chi connectivity index (χ2v) is 8.26. The van der Waals surface area contributed by atoms with E-state index in [2.05, 4.69) is 11.5 Å². The van der Waals surface area contributed by atoms with Crippen molar-refractivity contribution in [2.24, 2.45) is 0 Å². The summed E-state index contributed by atoms with van der Waals surface area (Å²) in [5.41, 5.74) is 3.28. The van der Waals surface area contributed by atoms with E-state index in [-0.39, 0.29) is 28.0 Å². The normalized spacial score (nSPS) is 14.4. The summed E-state index contributed by atoms with van der Waals surface area (Å²) in [6.07, 6.45) is 2.64. The zero-order valence-corrected chi connectivity index (χ0v) is 19.2. The molecular weight excluding hydrogens is 431 g/mol. The molecule has 1 aliphatic heterocycles. The molecule has 168 valence electrons. The van der Waals surface area contributed by atoms with Crippen LogP contribution in [0.1, 0.15) is 40.7 Å². The highest BCUT2D eigenvalue weighted by Gasteiger charge is 2.27. The third-order valence-electron chi connectivity index (χ3n) is 5.73. The fourth-order valence-electron chi connectivity index (χ4n) is 3.96. The Labute approximate surface area is 192 Å². The minimum Gasteiger partial charge on any atom is -0.349 e. The first-order valence-corrected chi connectivity index (χ1v) is 11.0. The van der Waals surface area contributed by atoms with Crippen molar-refractivity contribution in [1.29, 1.82) is 5.26 Å². The van der Waals surface area contributed by atoms with Gasteiger partial charge in [-0.1, -0.05) is 18.5 Å². The quantitative estimate of drug-likeness (QED) is 0.500. The van der Waals surface area contributed by atoms with Gasteiger partial charge < -0.3 is 14.4 Å². The standard InChI is InChI=1S/C24H26ClFN4O2/c1-4-7-30-16(2)12-18(17(30)3)13-19(15-27)23(31)28-8-10-29(11-9-28)24(32)21-6-5-20(26)14-22(21)25/h5-6,12-14H,4,7-11H2,1-3H3/b19-13+. The Bertz CT molecular complexity index is 1110. The van der Waals surface area contributed by atoms with Crippen LogP contribution in [0.25, 0.3) is 6.08 Å². The Morgan fingerprint density at radius 1 is 1.16 bits per heavy atom. The van der Waals surface area contributed by atoms with Crippen molar-refractivity contribution in [3.8, 4) is 6.07 Å². The van der Waals surface area contributed by atoms with Gasteiger partial charge in [-0.15, -0.1) is 0 Å². The van der Waals surface area contributed by atoms with Crippen LogP contribution in [0.5, 0.6) is 0 Å². The molecule has 6 nitrogen and oxygen atoms in total. The zero-order valence-electron chi connectivity index (χ0n) is 18.5. The van der Waals surface area contributed by atoms with Crippen LogP contribution in [-0.4, -0.2) is 52.4 Å². The van der Waals surface area contributed by atoms with Gasteiger partial charge in [0.2, 0.25) is 0 Å². The van der Waals surface area contributed by atoms with Gasteiger partial charge in [-0.05, 0) is 56.2 Å². The van der Waals surface area contributed by atoms with Gasteiger partial charge in [0.1, 0.15) is 17.5 Å². The van der Waals surface area contributed by atoms with E-state index in [0.717, 1.165) is 36.0 Å². The average molecular weight is 457 g/mol. The lowest BCUT2D eigenvalue weighted by atomic mass is 10.1. The molecule has 1 saturated heterocycles. The third-order valence-corrected chi connectivity index (χ3v) is 6.04. The van der Waals surface area contributed by atoms with Gasteiger partial charge in [0.05, 0.1) is 10.6 Å². The van der Waals surface area contributed by atoms with Gasteiger partial charge in [-0.2, -0.15) is 5.26 Å². The SMILES string of the molecule is CCCn1c(C)cc(/C=C(\C#N)C(=O)N2CCN(C(=O)c3ccc(F)cc3Cl)CC2)c1C. The molecule has 1 fully saturated rings. The van der Waals surface area contributed by atoms with Crippen molar-refractivity contribution >= 4 is 29.5 Å². The summed E-state index contributed by atoms with van der Waals surface area (Å²) in [5, 5.41) is 9.68. The van der Waals surface area contributed by atoms with Gasteiger partial charge in [0.25, 0.3) is 11.8 Å². The maximum atomic E-state index is 13.3. The number of benzene rings is 1. The predicted octanol–water partition coefficient (Wildman–Crippen LogP) is 4.20. The number of nitrogens with zero attached hydrogens (tertiary/aromatic N) is 4. The number of nitriles is 1. The fraction of sp³-hybridized carbons (Fsp3) is 0.375. The molecule has 2 heterocycles. The molecule has 0 aliphatic carbocycles. The number of rotatable bonds is 5. The van der Waals surface area contributed by atoms with Crippen LogP contribution < -0.4 is 0 Å². The largest absolute Gasteiger partial charge is 0.349 e. The molecule has 2 amide bonds. The summed E-state index contributed by atoms with van der Waals surface area (Å²) in [7, 11) is 0. The Morgan fingerprint density at radius 2 is 1.81 bits per heavy atom. The summed E-state index contributed by atoms with van der Waals surface area (Å²) in [4.78, 5) is 28.8. The first-order chi connectivity index (χ1) is 15.3. The highest BCUT2D eigenvalue weighted by Crippen LogP contribution is 2.22. The van der Waals surface area contributed by atoms with E-state index in [1.54, 1.807) is 15.9 Å².